The van der Waals surface area contributed by atoms with Crippen LogP contribution in [0.15, 0.2) is 24.3 Å². The summed E-state index contributed by atoms with van der Waals surface area (Å²) >= 11 is 0. The van der Waals surface area contributed by atoms with Crippen molar-refractivity contribution in [1.29, 1.82) is 0 Å². The van der Waals surface area contributed by atoms with Crippen LogP contribution in [0.2, 0.25) is 0 Å². The van der Waals surface area contributed by atoms with Gasteiger partial charge in [-0.25, -0.2) is 0 Å². The van der Waals surface area contributed by atoms with Crippen LogP contribution in [0.5, 0.6) is 0 Å². The number of para-hydroxylation sites is 1. The summed E-state index contributed by atoms with van der Waals surface area (Å²) < 4.78 is 5.43. The fourth-order valence-corrected chi connectivity index (χ4v) is 2.83. The zero-order valence-electron chi connectivity index (χ0n) is 11.3. The van der Waals surface area contributed by atoms with E-state index < -0.39 is 0 Å². The predicted molar refractivity (Wildman–Crippen MR) is 74.0 cm³/mol. The van der Waals surface area contributed by atoms with Crippen molar-refractivity contribution < 1.29 is 9.53 Å². The van der Waals surface area contributed by atoms with Crippen LogP contribution in [0, 0.1) is 5.41 Å². The molecule has 3 rings (SSSR count). The average Bonchev–Trinajstić information content (AvgIpc) is 2.76. The predicted octanol–water partition coefficient (Wildman–Crippen LogP) is 1.55. The lowest BCUT2D eigenvalue weighted by Crippen LogP contribution is -2.44. The molecule has 1 fully saturated rings. The van der Waals surface area contributed by atoms with Gasteiger partial charge in [0.2, 0.25) is 5.91 Å². The van der Waals surface area contributed by atoms with Gasteiger partial charge in [0.1, 0.15) is 0 Å². The topological polar surface area (TPSA) is 41.6 Å². The van der Waals surface area contributed by atoms with Crippen LogP contribution in [0.25, 0.3) is 0 Å². The third-order valence-electron chi connectivity index (χ3n) is 4.09. The largest absolute Gasteiger partial charge is 0.380 e. The molecular weight excluding hydrogens is 240 g/mol. The van der Waals surface area contributed by atoms with E-state index in [1.165, 1.54) is 5.56 Å². The SMILES string of the molecule is CC1(C(=O)N2CCNCc3ccccc32)CCOC1. The maximum Gasteiger partial charge on any atom is 0.235 e. The van der Waals surface area contributed by atoms with E-state index in [2.05, 4.69) is 11.4 Å². The number of anilines is 1. The number of hydrogen-bond acceptors (Lipinski definition) is 3. The number of fused-ring (bicyclic) bond motifs is 1. The molecule has 2 aliphatic rings. The van der Waals surface area contributed by atoms with E-state index in [0.717, 1.165) is 31.7 Å². The molecule has 0 aromatic heterocycles. The van der Waals surface area contributed by atoms with Crippen molar-refractivity contribution in [3.63, 3.8) is 0 Å². The monoisotopic (exact) mass is 260 g/mol. The van der Waals surface area contributed by atoms with Crippen LogP contribution in [-0.2, 0) is 16.1 Å². The molecule has 4 heteroatoms. The van der Waals surface area contributed by atoms with Crippen molar-refractivity contribution in [2.24, 2.45) is 5.41 Å². The first kappa shape index (κ1) is 12.6. The standard InChI is InChI=1S/C15H20N2O2/c1-15(6-9-19-11-15)14(18)17-8-7-16-10-12-4-2-3-5-13(12)17/h2-5,16H,6-11H2,1H3. The molecule has 2 aliphatic heterocycles. The van der Waals surface area contributed by atoms with Gasteiger partial charge in [0.05, 0.1) is 12.0 Å². The Bertz CT molecular complexity index is 481. The molecule has 1 saturated heterocycles. The number of rotatable bonds is 1. The lowest BCUT2D eigenvalue weighted by atomic mass is 9.88. The first-order valence-corrected chi connectivity index (χ1v) is 6.89. The third-order valence-corrected chi connectivity index (χ3v) is 4.09. The van der Waals surface area contributed by atoms with Crippen molar-refractivity contribution in [1.82, 2.24) is 5.32 Å². The summed E-state index contributed by atoms with van der Waals surface area (Å²) in [7, 11) is 0. The first-order chi connectivity index (χ1) is 9.21. The highest BCUT2D eigenvalue weighted by molar-refractivity contribution is 5.98. The normalized spacial score (nSPS) is 26.9. The Kier molecular flexibility index (Phi) is 3.29. The van der Waals surface area contributed by atoms with Gasteiger partial charge in [-0.1, -0.05) is 18.2 Å². The number of carbonyl (C=O) groups is 1. The quantitative estimate of drug-likeness (QED) is 0.833. The minimum absolute atomic E-state index is 0.196. The molecule has 0 bridgehead atoms. The van der Waals surface area contributed by atoms with Crippen LogP contribution < -0.4 is 10.2 Å². The van der Waals surface area contributed by atoms with E-state index in [1.807, 2.05) is 30.0 Å². The third kappa shape index (κ3) is 2.26. The minimum Gasteiger partial charge on any atom is -0.380 e. The van der Waals surface area contributed by atoms with E-state index in [1.54, 1.807) is 0 Å². The van der Waals surface area contributed by atoms with Crippen LogP contribution >= 0.6 is 0 Å². The molecule has 102 valence electrons. The van der Waals surface area contributed by atoms with Crippen molar-refractivity contribution >= 4 is 11.6 Å². The number of hydrogen-bond donors (Lipinski definition) is 1. The summed E-state index contributed by atoms with van der Waals surface area (Å²) in [4.78, 5) is 14.8. The fourth-order valence-electron chi connectivity index (χ4n) is 2.83. The Morgan fingerprint density at radius 1 is 1.42 bits per heavy atom. The first-order valence-electron chi connectivity index (χ1n) is 6.89. The second-order valence-electron chi connectivity index (χ2n) is 5.63. The van der Waals surface area contributed by atoms with Crippen molar-refractivity contribution in [2.45, 2.75) is 19.9 Å². The molecule has 1 N–H and O–H groups in total. The van der Waals surface area contributed by atoms with E-state index in [0.29, 0.717) is 13.2 Å². The Hall–Kier alpha value is -1.39. The fraction of sp³-hybridized carbons (Fsp3) is 0.533. The number of nitrogens with one attached hydrogen (secondary N) is 1. The molecule has 1 amide bonds. The molecule has 1 atom stereocenters. The summed E-state index contributed by atoms with van der Waals surface area (Å²) in [5.74, 6) is 0.196. The molecule has 1 aromatic carbocycles. The Morgan fingerprint density at radius 2 is 2.26 bits per heavy atom. The summed E-state index contributed by atoms with van der Waals surface area (Å²) in [5.41, 5.74) is 1.87. The number of benzene rings is 1. The molecule has 1 aromatic rings. The van der Waals surface area contributed by atoms with E-state index in [4.69, 9.17) is 4.74 Å². The summed E-state index contributed by atoms with van der Waals surface area (Å²) in [6, 6.07) is 8.15. The maximum atomic E-state index is 12.9. The highest BCUT2D eigenvalue weighted by Crippen LogP contribution is 2.33. The van der Waals surface area contributed by atoms with Crippen LogP contribution in [0.4, 0.5) is 5.69 Å². The Balaban J connectivity index is 1.94. The van der Waals surface area contributed by atoms with Gasteiger partial charge in [-0.3, -0.25) is 4.79 Å². The molecule has 19 heavy (non-hydrogen) atoms. The van der Waals surface area contributed by atoms with E-state index in [9.17, 15) is 4.79 Å². The zero-order valence-corrected chi connectivity index (χ0v) is 11.3. The minimum atomic E-state index is -0.364. The molecule has 0 spiro atoms. The Labute approximate surface area is 113 Å². The smallest absolute Gasteiger partial charge is 0.235 e. The Morgan fingerprint density at radius 3 is 3.05 bits per heavy atom. The highest BCUT2D eigenvalue weighted by atomic mass is 16.5. The van der Waals surface area contributed by atoms with Gasteiger partial charge >= 0.3 is 0 Å². The van der Waals surface area contributed by atoms with Gasteiger partial charge < -0.3 is 15.0 Å². The van der Waals surface area contributed by atoms with Crippen molar-refractivity contribution in [2.75, 3.05) is 31.2 Å². The molecule has 2 heterocycles. The summed E-state index contributed by atoms with van der Waals surface area (Å²) in [6.45, 7) is 5.63. The summed E-state index contributed by atoms with van der Waals surface area (Å²) in [6.07, 6.45) is 0.817. The van der Waals surface area contributed by atoms with Gasteiger partial charge in [0.15, 0.2) is 0 Å². The van der Waals surface area contributed by atoms with Gasteiger partial charge in [0, 0.05) is 31.9 Å². The zero-order chi connectivity index (χ0) is 13.3. The van der Waals surface area contributed by atoms with Crippen LogP contribution in [0.1, 0.15) is 18.9 Å². The molecular formula is C15H20N2O2. The lowest BCUT2D eigenvalue weighted by Gasteiger charge is -2.30. The second-order valence-corrected chi connectivity index (χ2v) is 5.63. The van der Waals surface area contributed by atoms with Gasteiger partial charge in [-0.15, -0.1) is 0 Å². The highest BCUT2D eigenvalue weighted by Gasteiger charge is 2.41. The van der Waals surface area contributed by atoms with E-state index >= 15 is 0 Å². The number of amides is 1. The van der Waals surface area contributed by atoms with Crippen molar-refractivity contribution in [3.8, 4) is 0 Å². The summed E-state index contributed by atoms with van der Waals surface area (Å²) in [5, 5.41) is 3.37. The van der Waals surface area contributed by atoms with E-state index in [-0.39, 0.29) is 11.3 Å². The number of carbonyl (C=O) groups excluding carboxylic acids is 1. The van der Waals surface area contributed by atoms with Gasteiger partial charge in [-0.2, -0.15) is 0 Å². The van der Waals surface area contributed by atoms with Crippen molar-refractivity contribution in [3.05, 3.63) is 29.8 Å². The maximum absolute atomic E-state index is 12.9. The molecule has 4 nitrogen and oxygen atoms in total. The van der Waals surface area contributed by atoms with Gasteiger partial charge in [-0.05, 0) is 25.0 Å². The van der Waals surface area contributed by atoms with Crippen LogP contribution in [-0.4, -0.2) is 32.2 Å². The molecule has 0 radical (unpaired) electrons. The molecule has 0 saturated carbocycles. The molecule has 1 unspecified atom stereocenters. The van der Waals surface area contributed by atoms with Gasteiger partial charge in [0.25, 0.3) is 0 Å². The number of ether oxygens (including phenoxy) is 1. The lowest BCUT2D eigenvalue weighted by molar-refractivity contribution is -0.127. The second kappa shape index (κ2) is 4.94. The molecule has 0 aliphatic carbocycles. The average molecular weight is 260 g/mol. The number of nitrogens with zero attached hydrogens (tertiary/aromatic N) is 1. The van der Waals surface area contributed by atoms with Crippen LogP contribution in [0.3, 0.4) is 0 Å².